The standard InChI is InChI=1S/C25H31NO6/c1-6-10-26(11-7-2)15-18-19(27)9-8-17-24(28)23(32-25(17)18)13-16-12-21(30-4)22(31-5)14-20(16)29-3/h8-9,12-14,27H,6-7,10-11,15H2,1-5H3/b23-13-. The van der Waals surface area contributed by atoms with Crippen molar-refractivity contribution in [2.75, 3.05) is 34.4 Å². The number of quaternary nitrogens is 1. The van der Waals surface area contributed by atoms with Crippen LogP contribution in [-0.2, 0) is 6.54 Å². The molecular formula is C25H31NO6. The number of benzene rings is 2. The van der Waals surface area contributed by atoms with E-state index in [1.807, 2.05) is 0 Å². The Morgan fingerprint density at radius 1 is 0.969 bits per heavy atom. The second-order valence-electron chi connectivity index (χ2n) is 7.73. The van der Waals surface area contributed by atoms with Gasteiger partial charge in [0.05, 0.1) is 40.0 Å². The highest BCUT2D eigenvalue weighted by Gasteiger charge is 2.31. The molecule has 0 spiro atoms. The van der Waals surface area contributed by atoms with E-state index in [0.717, 1.165) is 25.9 Å². The van der Waals surface area contributed by atoms with Crippen LogP contribution in [0.3, 0.4) is 0 Å². The van der Waals surface area contributed by atoms with E-state index in [1.54, 1.807) is 31.4 Å². The molecule has 0 fully saturated rings. The van der Waals surface area contributed by atoms with Crippen LogP contribution in [0.15, 0.2) is 30.0 Å². The first kappa shape index (κ1) is 23.5. The summed E-state index contributed by atoms with van der Waals surface area (Å²) >= 11 is 0. The Hall–Kier alpha value is -3.19. The van der Waals surface area contributed by atoms with Gasteiger partial charge in [-0.15, -0.1) is 0 Å². The molecule has 1 heterocycles. The molecule has 2 aromatic rings. The number of ether oxygens (including phenoxy) is 4. The maximum absolute atomic E-state index is 13.1. The van der Waals surface area contributed by atoms with Gasteiger partial charge in [0.1, 0.15) is 18.0 Å². The van der Waals surface area contributed by atoms with Crippen LogP contribution in [0.1, 0.15) is 48.2 Å². The third-order valence-electron chi connectivity index (χ3n) is 5.55. The molecule has 0 aliphatic carbocycles. The van der Waals surface area contributed by atoms with E-state index in [-0.39, 0.29) is 17.3 Å². The lowest BCUT2D eigenvalue weighted by atomic mass is 10.0. The third-order valence-corrected chi connectivity index (χ3v) is 5.55. The van der Waals surface area contributed by atoms with Crippen LogP contribution in [0.4, 0.5) is 0 Å². The lowest BCUT2D eigenvalue weighted by Crippen LogP contribution is -3.10. The van der Waals surface area contributed by atoms with Gasteiger partial charge in [0.15, 0.2) is 17.3 Å². The molecule has 0 aromatic heterocycles. The lowest BCUT2D eigenvalue weighted by molar-refractivity contribution is -0.914. The molecule has 2 aromatic carbocycles. The van der Waals surface area contributed by atoms with E-state index in [4.69, 9.17) is 18.9 Å². The van der Waals surface area contributed by atoms with E-state index < -0.39 is 0 Å². The molecule has 1 aliphatic rings. The van der Waals surface area contributed by atoms with Gasteiger partial charge in [-0.2, -0.15) is 0 Å². The zero-order chi connectivity index (χ0) is 23.3. The molecule has 0 unspecified atom stereocenters. The summed E-state index contributed by atoms with van der Waals surface area (Å²) in [7, 11) is 4.62. The molecular weight excluding hydrogens is 410 g/mol. The molecule has 3 rings (SSSR count). The number of hydrogen-bond donors (Lipinski definition) is 1. The smallest absolute Gasteiger partial charge is 0.231 e. The lowest BCUT2D eigenvalue weighted by Gasteiger charge is -2.23. The molecule has 7 heteroatoms. The number of allylic oxidation sites excluding steroid dienone is 1. The predicted octanol–water partition coefficient (Wildman–Crippen LogP) is 2.61. The van der Waals surface area contributed by atoms with E-state index in [9.17, 15) is 9.90 Å². The Morgan fingerprint density at radius 2 is 1.59 bits per heavy atom. The summed E-state index contributed by atoms with van der Waals surface area (Å²) in [6.07, 6.45) is 3.64. The molecule has 172 valence electrons. The molecule has 0 saturated heterocycles. The van der Waals surface area contributed by atoms with Crippen LogP contribution in [0, 0.1) is 0 Å². The summed E-state index contributed by atoms with van der Waals surface area (Å²) in [4.78, 5) is 14.4. The minimum atomic E-state index is -0.259. The average Bonchev–Trinajstić information content (AvgIpc) is 3.11. The minimum Gasteiger partial charge on any atom is -0.872 e. The second-order valence-corrected chi connectivity index (χ2v) is 7.73. The summed E-state index contributed by atoms with van der Waals surface area (Å²) in [6, 6.07) is 6.43. The van der Waals surface area contributed by atoms with Gasteiger partial charge in [0, 0.05) is 17.2 Å². The Bertz CT molecular complexity index is 1010. The van der Waals surface area contributed by atoms with Gasteiger partial charge in [-0.3, -0.25) is 4.79 Å². The number of nitrogens with one attached hydrogen (secondary N) is 1. The molecule has 0 amide bonds. The topological polar surface area (TPSA) is 81.5 Å². The molecule has 0 bridgehead atoms. The van der Waals surface area contributed by atoms with Gasteiger partial charge in [0.25, 0.3) is 0 Å². The highest BCUT2D eigenvalue weighted by atomic mass is 16.5. The maximum Gasteiger partial charge on any atom is 0.231 e. The summed E-state index contributed by atoms with van der Waals surface area (Å²) < 4.78 is 22.1. The molecule has 0 saturated carbocycles. The Labute approximate surface area is 189 Å². The Morgan fingerprint density at radius 3 is 2.19 bits per heavy atom. The first-order chi connectivity index (χ1) is 15.5. The number of carbonyl (C=O) groups excluding carboxylic acids is 1. The zero-order valence-electron chi connectivity index (χ0n) is 19.4. The van der Waals surface area contributed by atoms with Crippen molar-refractivity contribution in [3.8, 4) is 28.7 Å². The highest BCUT2D eigenvalue weighted by molar-refractivity contribution is 6.15. The monoisotopic (exact) mass is 441 g/mol. The van der Waals surface area contributed by atoms with Crippen molar-refractivity contribution < 1.29 is 33.7 Å². The van der Waals surface area contributed by atoms with E-state index in [0.29, 0.717) is 46.2 Å². The van der Waals surface area contributed by atoms with Gasteiger partial charge >= 0.3 is 0 Å². The molecule has 1 aliphatic heterocycles. The van der Waals surface area contributed by atoms with Gasteiger partial charge in [-0.05, 0) is 31.1 Å². The van der Waals surface area contributed by atoms with Crippen LogP contribution in [0.2, 0.25) is 0 Å². The number of fused-ring (bicyclic) bond motifs is 1. The predicted molar refractivity (Wildman–Crippen MR) is 120 cm³/mol. The first-order valence-corrected chi connectivity index (χ1v) is 10.9. The number of methoxy groups -OCH3 is 3. The molecule has 0 atom stereocenters. The fourth-order valence-electron chi connectivity index (χ4n) is 4.02. The number of hydrogen-bond acceptors (Lipinski definition) is 6. The van der Waals surface area contributed by atoms with Crippen molar-refractivity contribution in [2.24, 2.45) is 0 Å². The van der Waals surface area contributed by atoms with Crippen molar-refractivity contribution in [3.05, 3.63) is 46.7 Å². The second kappa shape index (κ2) is 10.4. The summed E-state index contributed by atoms with van der Waals surface area (Å²) in [5, 5.41) is 12.7. The largest absolute Gasteiger partial charge is 0.872 e. The van der Waals surface area contributed by atoms with Gasteiger partial charge in [-0.25, -0.2) is 0 Å². The van der Waals surface area contributed by atoms with Gasteiger partial charge < -0.3 is 29.0 Å². The average molecular weight is 442 g/mol. The summed E-state index contributed by atoms with van der Waals surface area (Å²) in [5.74, 6) is 1.68. The van der Waals surface area contributed by atoms with Gasteiger partial charge in [0.2, 0.25) is 5.78 Å². The Kier molecular flexibility index (Phi) is 7.64. The third kappa shape index (κ3) is 4.67. The van der Waals surface area contributed by atoms with E-state index >= 15 is 0 Å². The van der Waals surface area contributed by atoms with Crippen molar-refractivity contribution in [2.45, 2.75) is 33.2 Å². The van der Waals surface area contributed by atoms with Crippen LogP contribution in [-0.4, -0.2) is 40.2 Å². The van der Waals surface area contributed by atoms with E-state index in [2.05, 4.69) is 13.8 Å². The molecule has 32 heavy (non-hydrogen) atoms. The molecule has 1 N–H and O–H groups in total. The zero-order valence-corrected chi connectivity index (χ0v) is 19.4. The molecule has 0 radical (unpaired) electrons. The summed E-state index contributed by atoms with van der Waals surface area (Å²) in [5.41, 5.74) is 1.57. The van der Waals surface area contributed by atoms with Crippen molar-refractivity contribution in [1.29, 1.82) is 0 Å². The first-order valence-electron chi connectivity index (χ1n) is 10.9. The summed E-state index contributed by atoms with van der Waals surface area (Å²) in [6.45, 7) is 6.69. The quantitative estimate of drug-likeness (QED) is 0.571. The van der Waals surface area contributed by atoms with Crippen molar-refractivity contribution in [1.82, 2.24) is 0 Å². The minimum absolute atomic E-state index is 0.105. The van der Waals surface area contributed by atoms with E-state index in [1.165, 1.54) is 25.2 Å². The van der Waals surface area contributed by atoms with Crippen molar-refractivity contribution >= 4 is 11.9 Å². The van der Waals surface area contributed by atoms with Crippen LogP contribution < -0.4 is 29.0 Å². The highest BCUT2D eigenvalue weighted by Crippen LogP contribution is 2.40. The van der Waals surface area contributed by atoms with Crippen LogP contribution in [0.25, 0.3) is 6.08 Å². The van der Waals surface area contributed by atoms with Gasteiger partial charge in [-0.1, -0.05) is 25.7 Å². The van der Waals surface area contributed by atoms with Crippen LogP contribution >= 0.6 is 0 Å². The molecule has 7 nitrogen and oxygen atoms in total. The fraction of sp³-hybridized carbons (Fsp3) is 0.400. The fourth-order valence-corrected chi connectivity index (χ4v) is 4.02. The number of carbonyl (C=O) groups is 1. The number of rotatable bonds is 10. The normalized spacial score (nSPS) is 13.9. The maximum atomic E-state index is 13.1. The Balaban J connectivity index is 2.00. The SMILES string of the molecule is CCC[NH+](CCC)Cc1c([O-])ccc2c1O/C(=C\c1cc(OC)c(OC)cc1OC)C2=O. The van der Waals surface area contributed by atoms with Crippen molar-refractivity contribution in [3.63, 3.8) is 0 Å². The van der Waals surface area contributed by atoms with Crippen LogP contribution in [0.5, 0.6) is 28.7 Å². The number of ketones is 1. The number of Topliss-reactive ketones (excluding diaryl/α,β-unsaturated/α-hetero) is 1.